The van der Waals surface area contributed by atoms with E-state index in [1.54, 1.807) is 0 Å². The molecule has 1 saturated carbocycles. The number of aryl methyl sites for hydroxylation is 1. The molecule has 112 valence electrons. The first-order chi connectivity index (χ1) is 9.65. The molecule has 1 atom stereocenters. The molecule has 1 aromatic heterocycles. The second kappa shape index (κ2) is 6.88. The van der Waals surface area contributed by atoms with Crippen molar-refractivity contribution in [2.45, 2.75) is 65.3 Å². The minimum absolute atomic E-state index is 0.444. The summed E-state index contributed by atoms with van der Waals surface area (Å²) in [6.07, 6.45) is 7.55. The Morgan fingerprint density at radius 1 is 1.20 bits per heavy atom. The topological polar surface area (TPSA) is 75.9 Å². The molecule has 0 bridgehead atoms. The maximum absolute atomic E-state index is 5.55. The predicted molar refractivity (Wildman–Crippen MR) is 83.6 cm³/mol. The van der Waals surface area contributed by atoms with E-state index < -0.39 is 0 Å². The van der Waals surface area contributed by atoms with E-state index in [1.807, 2.05) is 6.92 Å². The Labute approximate surface area is 121 Å². The molecule has 1 fully saturated rings. The third-order valence-electron chi connectivity index (χ3n) is 4.37. The van der Waals surface area contributed by atoms with Crippen LogP contribution >= 0.6 is 0 Å². The van der Waals surface area contributed by atoms with Gasteiger partial charge < -0.3 is 10.7 Å². The van der Waals surface area contributed by atoms with Crippen molar-refractivity contribution in [3.63, 3.8) is 0 Å². The van der Waals surface area contributed by atoms with Crippen LogP contribution in [0.1, 0.15) is 57.3 Å². The highest BCUT2D eigenvalue weighted by Gasteiger charge is 2.21. The fourth-order valence-electron chi connectivity index (χ4n) is 2.97. The molecule has 1 unspecified atom stereocenters. The number of nitrogen functional groups attached to an aromatic ring is 1. The van der Waals surface area contributed by atoms with Crippen LogP contribution in [0.3, 0.4) is 0 Å². The first-order valence-electron chi connectivity index (χ1n) is 7.76. The number of hydrogen-bond acceptors (Lipinski definition) is 5. The van der Waals surface area contributed by atoms with Gasteiger partial charge in [-0.3, -0.25) is 0 Å². The van der Waals surface area contributed by atoms with Gasteiger partial charge in [-0.05, 0) is 32.6 Å². The lowest BCUT2D eigenvalue weighted by molar-refractivity contribution is 0.328. The average Bonchev–Trinajstić information content (AvgIpc) is 2.50. The number of aromatic nitrogens is 2. The van der Waals surface area contributed by atoms with Crippen LogP contribution in [0.15, 0.2) is 0 Å². The Morgan fingerprint density at radius 3 is 2.45 bits per heavy atom. The van der Waals surface area contributed by atoms with Crippen LogP contribution in [-0.2, 0) is 6.42 Å². The van der Waals surface area contributed by atoms with Gasteiger partial charge in [0.05, 0.1) is 0 Å². The highest BCUT2D eigenvalue weighted by Crippen LogP contribution is 2.29. The van der Waals surface area contributed by atoms with Gasteiger partial charge in [0.1, 0.15) is 17.5 Å². The minimum Gasteiger partial charge on any atom is -0.367 e. The maximum atomic E-state index is 5.55. The van der Waals surface area contributed by atoms with Crippen molar-refractivity contribution in [2.24, 2.45) is 11.8 Å². The summed E-state index contributed by atoms with van der Waals surface area (Å²) in [6, 6.07) is 0.444. The van der Waals surface area contributed by atoms with Gasteiger partial charge in [0.25, 0.3) is 0 Å². The number of nitrogens with zero attached hydrogens (tertiary/aromatic N) is 2. The standard InChI is InChI=1S/C15H27N5/c1-4-13-18-14(10(2)15(19-13)20-16)17-11(3)12-8-6-5-7-9-12/h11-12H,4-9,16H2,1-3H3,(H2,17,18,19,20). The molecule has 2 rings (SSSR count). The molecule has 0 radical (unpaired) electrons. The second-order valence-electron chi connectivity index (χ2n) is 5.79. The average molecular weight is 277 g/mol. The van der Waals surface area contributed by atoms with Gasteiger partial charge in [0, 0.05) is 18.0 Å². The molecule has 0 aliphatic heterocycles. The van der Waals surface area contributed by atoms with Crippen LogP contribution < -0.4 is 16.6 Å². The molecule has 20 heavy (non-hydrogen) atoms. The Morgan fingerprint density at radius 2 is 1.85 bits per heavy atom. The van der Waals surface area contributed by atoms with E-state index >= 15 is 0 Å². The van der Waals surface area contributed by atoms with Crippen molar-refractivity contribution >= 4 is 11.6 Å². The highest BCUT2D eigenvalue weighted by molar-refractivity contribution is 5.57. The SMILES string of the molecule is CCc1nc(NN)c(C)c(NC(C)C2CCCCC2)n1. The Balaban J connectivity index is 2.14. The molecule has 0 saturated heterocycles. The van der Waals surface area contributed by atoms with Gasteiger partial charge in [-0.15, -0.1) is 0 Å². The zero-order valence-electron chi connectivity index (χ0n) is 12.9. The first kappa shape index (κ1) is 15.0. The van der Waals surface area contributed by atoms with Crippen molar-refractivity contribution in [3.8, 4) is 0 Å². The van der Waals surface area contributed by atoms with Crippen molar-refractivity contribution in [3.05, 3.63) is 11.4 Å². The largest absolute Gasteiger partial charge is 0.367 e. The zero-order valence-corrected chi connectivity index (χ0v) is 12.9. The summed E-state index contributed by atoms with van der Waals surface area (Å²) in [5.41, 5.74) is 3.66. The van der Waals surface area contributed by atoms with Gasteiger partial charge >= 0.3 is 0 Å². The molecule has 4 N–H and O–H groups in total. The number of hydrazine groups is 1. The van der Waals surface area contributed by atoms with Crippen LogP contribution in [0.25, 0.3) is 0 Å². The number of nitrogens with two attached hydrogens (primary N) is 1. The summed E-state index contributed by atoms with van der Waals surface area (Å²) in [6.45, 7) is 6.32. The smallest absolute Gasteiger partial charge is 0.148 e. The van der Waals surface area contributed by atoms with E-state index in [4.69, 9.17) is 5.84 Å². The van der Waals surface area contributed by atoms with Crippen molar-refractivity contribution in [1.82, 2.24) is 9.97 Å². The molecule has 1 aliphatic rings. The quantitative estimate of drug-likeness (QED) is 0.570. The first-order valence-corrected chi connectivity index (χ1v) is 7.76. The molecule has 0 spiro atoms. The van der Waals surface area contributed by atoms with Gasteiger partial charge in [-0.1, -0.05) is 26.2 Å². The Bertz CT molecular complexity index is 440. The van der Waals surface area contributed by atoms with Crippen LogP contribution in [0.2, 0.25) is 0 Å². The number of anilines is 2. The lowest BCUT2D eigenvalue weighted by Crippen LogP contribution is -2.29. The number of rotatable bonds is 5. The summed E-state index contributed by atoms with van der Waals surface area (Å²) in [4.78, 5) is 9.02. The summed E-state index contributed by atoms with van der Waals surface area (Å²) in [5, 5.41) is 3.58. The molecule has 1 aliphatic carbocycles. The fraction of sp³-hybridized carbons (Fsp3) is 0.733. The summed E-state index contributed by atoms with van der Waals surface area (Å²) in [5.74, 6) is 8.75. The third-order valence-corrected chi connectivity index (χ3v) is 4.37. The molecular formula is C15H27N5. The monoisotopic (exact) mass is 277 g/mol. The highest BCUT2D eigenvalue weighted by atomic mass is 15.3. The van der Waals surface area contributed by atoms with E-state index in [9.17, 15) is 0 Å². The maximum Gasteiger partial charge on any atom is 0.148 e. The van der Waals surface area contributed by atoms with E-state index in [-0.39, 0.29) is 0 Å². The lowest BCUT2D eigenvalue weighted by Gasteiger charge is -2.29. The fourth-order valence-corrected chi connectivity index (χ4v) is 2.97. The molecule has 5 nitrogen and oxygen atoms in total. The van der Waals surface area contributed by atoms with E-state index in [0.29, 0.717) is 6.04 Å². The van der Waals surface area contributed by atoms with Gasteiger partial charge in [0.2, 0.25) is 0 Å². The van der Waals surface area contributed by atoms with Crippen molar-refractivity contribution < 1.29 is 0 Å². The molecular weight excluding hydrogens is 250 g/mol. The Hall–Kier alpha value is -1.36. The minimum atomic E-state index is 0.444. The van der Waals surface area contributed by atoms with Crippen molar-refractivity contribution in [1.29, 1.82) is 0 Å². The lowest BCUT2D eigenvalue weighted by atomic mass is 9.84. The number of nitrogens with one attached hydrogen (secondary N) is 2. The van der Waals surface area contributed by atoms with E-state index in [2.05, 4.69) is 34.6 Å². The van der Waals surface area contributed by atoms with E-state index in [1.165, 1.54) is 32.1 Å². The van der Waals surface area contributed by atoms with Gasteiger partial charge in [0.15, 0.2) is 0 Å². The van der Waals surface area contributed by atoms with Gasteiger partial charge in [-0.2, -0.15) is 0 Å². The van der Waals surface area contributed by atoms with Gasteiger partial charge in [-0.25, -0.2) is 15.8 Å². The third kappa shape index (κ3) is 3.39. The van der Waals surface area contributed by atoms with Crippen LogP contribution in [0, 0.1) is 12.8 Å². The van der Waals surface area contributed by atoms with Crippen LogP contribution in [-0.4, -0.2) is 16.0 Å². The zero-order chi connectivity index (χ0) is 14.5. The van der Waals surface area contributed by atoms with Crippen molar-refractivity contribution in [2.75, 3.05) is 10.7 Å². The normalized spacial score (nSPS) is 17.8. The molecule has 1 aromatic rings. The second-order valence-corrected chi connectivity index (χ2v) is 5.79. The number of hydrogen-bond donors (Lipinski definition) is 3. The molecule has 1 heterocycles. The Kier molecular flexibility index (Phi) is 5.17. The predicted octanol–water partition coefficient (Wildman–Crippen LogP) is 3.01. The summed E-state index contributed by atoms with van der Waals surface area (Å²) < 4.78 is 0. The molecule has 5 heteroatoms. The molecule has 0 amide bonds. The summed E-state index contributed by atoms with van der Waals surface area (Å²) in [7, 11) is 0. The summed E-state index contributed by atoms with van der Waals surface area (Å²) >= 11 is 0. The van der Waals surface area contributed by atoms with E-state index in [0.717, 1.165) is 35.4 Å². The molecule has 0 aromatic carbocycles. The van der Waals surface area contributed by atoms with Crippen LogP contribution in [0.5, 0.6) is 0 Å². The van der Waals surface area contributed by atoms with Crippen LogP contribution in [0.4, 0.5) is 11.6 Å².